The second-order valence-corrected chi connectivity index (χ2v) is 5.29. The standard InChI is InChI=1S/C13H11F3N2O2S/c1-7-10(11(19)20-2)18-12(21-7)17-9-6-4-3-5-8(9)13(14,15)16/h3-6H,1-2H3,(H,17,18). The first kappa shape index (κ1) is 15.3. The van der Waals surface area contributed by atoms with Gasteiger partial charge in [0.2, 0.25) is 0 Å². The summed E-state index contributed by atoms with van der Waals surface area (Å²) in [5, 5.41) is 2.80. The average molecular weight is 316 g/mol. The van der Waals surface area contributed by atoms with Gasteiger partial charge in [-0.25, -0.2) is 9.78 Å². The van der Waals surface area contributed by atoms with E-state index in [1.807, 2.05) is 0 Å². The zero-order valence-electron chi connectivity index (χ0n) is 11.1. The Kier molecular flexibility index (Phi) is 4.17. The number of hydrogen-bond acceptors (Lipinski definition) is 5. The van der Waals surface area contributed by atoms with E-state index in [1.165, 1.54) is 25.3 Å². The van der Waals surface area contributed by atoms with Gasteiger partial charge in [-0.15, -0.1) is 11.3 Å². The summed E-state index contributed by atoms with van der Waals surface area (Å²) in [6, 6.07) is 5.07. The minimum Gasteiger partial charge on any atom is -0.464 e. The SMILES string of the molecule is COC(=O)c1nc(Nc2ccccc2C(F)(F)F)sc1C. The van der Waals surface area contributed by atoms with Crippen LogP contribution in [0.2, 0.25) is 0 Å². The number of nitrogens with one attached hydrogen (secondary N) is 1. The zero-order valence-corrected chi connectivity index (χ0v) is 11.9. The van der Waals surface area contributed by atoms with E-state index < -0.39 is 17.7 Å². The number of hydrogen-bond donors (Lipinski definition) is 1. The molecule has 0 saturated carbocycles. The minimum absolute atomic E-state index is 0.0921. The fourth-order valence-corrected chi connectivity index (χ4v) is 2.50. The summed E-state index contributed by atoms with van der Waals surface area (Å²) in [6.07, 6.45) is -4.47. The zero-order chi connectivity index (χ0) is 15.6. The van der Waals surface area contributed by atoms with Crippen LogP contribution < -0.4 is 5.32 Å². The topological polar surface area (TPSA) is 51.2 Å². The van der Waals surface area contributed by atoms with Crippen LogP contribution in [-0.4, -0.2) is 18.1 Å². The van der Waals surface area contributed by atoms with Gasteiger partial charge in [-0.05, 0) is 19.1 Å². The molecule has 0 spiro atoms. The van der Waals surface area contributed by atoms with Gasteiger partial charge in [-0.1, -0.05) is 12.1 Å². The molecular weight excluding hydrogens is 305 g/mol. The Morgan fingerprint density at radius 2 is 2.00 bits per heavy atom. The summed E-state index contributed by atoms with van der Waals surface area (Å²) in [7, 11) is 1.22. The molecular formula is C13H11F3N2O2S. The predicted octanol–water partition coefficient (Wildman–Crippen LogP) is 4.00. The number of esters is 1. The molecule has 1 heterocycles. The lowest BCUT2D eigenvalue weighted by Crippen LogP contribution is -2.08. The van der Waals surface area contributed by atoms with Gasteiger partial charge in [-0.2, -0.15) is 13.2 Å². The fourth-order valence-electron chi connectivity index (χ4n) is 1.69. The van der Waals surface area contributed by atoms with Gasteiger partial charge >= 0.3 is 12.1 Å². The highest BCUT2D eigenvalue weighted by atomic mass is 32.1. The molecule has 0 aliphatic heterocycles. The van der Waals surface area contributed by atoms with E-state index in [4.69, 9.17) is 0 Å². The number of halogens is 3. The van der Waals surface area contributed by atoms with E-state index in [0.717, 1.165) is 17.4 Å². The molecule has 0 saturated heterocycles. The van der Waals surface area contributed by atoms with E-state index in [-0.39, 0.29) is 16.5 Å². The Morgan fingerprint density at radius 3 is 2.62 bits per heavy atom. The number of carbonyl (C=O) groups excluding carboxylic acids is 1. The van der Waals surface area contributed by atoms with Gasteiger partial charge in [0.15, 0.2) is 10.8 Å². The highest BCUT2D eigenvalue weighted by molar-refractivity contribution is 7.15. The van der Waals surface area contributed by atoms with E-state index in [0.29, 0.717) is 4.88 Å². The maximum Gasteiger partial charge on any atom is 0.418 e. The molecule has 0 bridgehead atoms. The lowest BCUT2D eigenvalue weighted by molar-refractivity contribution is -0.136. The van der Waals surface area contributed by atoms with Crippen LogP contribution in [0.1, 0.15) is 20.9 Å². The normalized spacial score (nSPS) is 11.3. The molecule has 21 heavy (non-hydrogen) atoms. The molecule has 1 aromatic heterocycles. The van der Waals surface area contributed by atoms with Gasteiger partial charge in [0, 0.05) is 4.88 Å². The number of alkyl halides is 3. The van der Waals surface area contributed by atoms with Crippen LogP contribution in [0.5, 0.6) is 0 Å². The molecule has 0 atom stereocenters. The molecule has 1 aromatic carbocycles. The number of para-hydroxylation sites is 1. The predicted molar refractivity (Wildman–Crippen MR) is 72.9 cm³/mol. The number of aryl methyl sites for hydroxylation is 1. The number of benzene rings is 1. The third kappa shape index (κ3) is 3.33. The molecule has 0 aliphatic carbocycles. The molecule has 4 nitrogen and oxygen atoms in total. The summed E-state index contributed by atoms with van der Waals surface area (Å²) >= 11 is 1.08. The van der Waals surface area contributed by atoms with E-state index in [1.54, 1.807) is 6.92 Å². The summed E-state index contributed by atoms with van der Waals surface area (Å²) in [6.45, 7) is 1.64. The van der Waals surface area contributed by atoms with Crippen LogP contribution in [-0.2, 0) is 10.9 Å². The van der Waals surface area contributed by atoms with E-state index >= 15 is 0 Å². The molecule has 2 rings (SSSR count). The fraction of sp³-hybridized carbons (Fsp3) is 0.231. The molecule has 0 radical (unpaired) electrons. The highest BCUT2D eigenvalue weighted by Gasteiger charge is 2.33. The molecule has 0 aliphatic rings. The van der Waals surface area contributed by atoms with Crippen LogP contribution in [0.25, 0.3) is 0 Å². The Morgan fingerprint density at radius 1 is 1.33 bits per heavy atom. The monoisotopic (exact) mass is 316 g/mol. The first-order valence-electron chi connectivity index (χ1n) is 5.82. The minimum atomic E-state index is -4.47. The van der Waals surface area contributed by atoms with Crippen LogP contribution in [0.15, 0.2) is 24.3 Å². The Labute approximate surface area is 122 Å². The number of thiazole rings is 1. The first-order valence-corrected chi connectivity index (χ1v) is 6.63. The molecule has 112 valence electrons. The number of aromatic nitrogens is 1. The molecule has 0 fully saturated rings. The van der Waals surface area contributed by atoms with Crippen LogP contribution in [0, 0.1) is 6.92 Å². The second-order valence-electron chi connectivity index (χ2n) is 4.08. The van der Waals surface area contributed by atoms with Crippen molar-refractivity contribution in [3.8, 4) is 0 Å². The van der Waals surface area contributed by atoms with Crippen molar-refractivity contribution in [2.24, 2.45) is 0 Å². The largest absolute Gasteiger partial charge is 0.464 e. The third-order valence-corrected chi connectivity index (χ3v) is 3.54. The number of rotatable bonds is 3. The molecule has 2 aromatic rings. The lowest BCUT2D eigenvalue weighted by atomic mass is 10.2. The average Bonchev–Trinajstić information content (AvgIpc) is 2.78. The number of nitrogens with zero attached hydrogens (tertiary/aromatic N) is 1. The van der Waals surface area contributed by atoms with Crippen molar-refractivity contribution in [3.63, 3.8) is 0 Å². The number of carbonyl (C=O) groups is 1. The maximum absolute atomic E-state index is 12.9. The van der Waals surface area contributed by atoms with Gasteiger partial charge < -0.3 is 10.1 Å². The first-order chi connectivity index (χ1) is 9.82. The third-order valence-electron chi connectivity index (χ3n) is 2.65. The maximum atomic E-state index is 12.9. The van der Waals surface area contributed by atoms with Gasteiger partial charge in [-0.3, -0.25) is 0 Å². The Bertz CT molecular complexity index is 668. The second kappa shape index (κ2) is 5.72. The van der Waals surface area contributed by atoms with Crippen molar-refractivity contribution in [2.45, 2.75) is 13.1 Å². The smallest absolute Gasteiger partial charge is 0.418 e. The Hall–Kier alpha value is -2.09. The van der Waals surface area contributed by atoms with Gasteiger partial charge in [0.25, 0.3) is 0 Å². The van der Waals surface area contributed by atoms with E-state index in [2.05, 4.69) is 15.0 Å². The number of anilines is 2. The van der Waals surface area contributed by atoms with Gasteiger partial charge in [0.1, 0.15) is 0 Å². The highest BCUT2D eigenvalue weighted by Crippen LogP contribution is 2.36. The summed E-state index contributed by atoms with van der Waals surface area (Å²) in [5.74, 6) is -0.624. The molecule has 0 unspecified atom stereocenters. The number of ether oxygens (including phenoxy) is 1. The van der Waals surface area contributed by atoms with Crippen LogP contribution in [0.4, 0.5) is 24.0 Å². The Balaban J connectivity index is 2.34. The molecule has 1 N–H and O–H groups in total. The summed E-state index contributed by atoms with van der Waals surface area (Å²) < 4.78 is 43.2. The summed E-state index contributed by atoms with van der Waals surface area (Å²) in [5.41, 5.74) is -0.817. The van der Waals surface area contributed by atoms with Crippen molar-refractivity contribution in [1.82, 2.24) is 4.98 Å². The van der Waals surface area contributed by atoms with Crippen molar-refractivity contribution >= 4 is 28.1 Å². The quantitative estimate of drug-likeness (QED) is 0.870. The van der Waals surface area contributed by atoms with E-state index in [9.17, 15) is 18.0 Å². The van der Waals surface area contributed by atoms with Crippen molar-refractivity contribution < 1.29 is 22.7 Å². The van der Waals surface area contributed by atoms with Crippen molar-refractivity contribution in [2.75, 3.05) is 12.4 Å². The van der Waals surface area contributed by atoms with Crippen LogP contribution >= 0.6 is 11.3 Å². The van der Waals surface area contributed by atoms with Crippen LogP contribution in [0.3, 0.4) is 0 Å². The molecule has 8 heteroatoms. The lowest BCUT2D eigenvalue weighted by Gasteiger charge is -2.12. The van der Waals surface area contributed by atoms with Crippen molar-refractivity contribution in [1.29, 1.82) is 0 Å². The number of methoxy groups -OCH3 is 1. The van der Waals surface area contributed by atoms with Crippen molar-refractivity contribution in [3.05, 3.63) is 40.4 Å². The summed E-state index contributed by atoms with van der Waals surface area (Å²) in [4.78, 5) is 16.0. The molecule has 0 amide bonds. The van der Waals surface area contributed by atoms with Gasteiger partial charge in [0.05, 0.1) is 18.4 Å².